The quantitative estimate of drug-likeness (QED) is 0.569. The fraction of sp³-hybridized carbons (Fsp3) is 0.158. The zero-order chi connectivity index (χ0) is 17.8. The lowest BCUT2D eigenvalue weighted by atomic mass is 10.1. The summed E-state index contributed by atoms with van der Waals surface area (Å²) in [4.78, 5) is 1.00. The van der Waals surface area contributed by atoms with Gasteiger partial charge in [0.15, 0.2) is 0 Å². The Morgan fingerprint density at radius 3 is 2.52 bits per heavy atom. The summed E-state index contributed by atoms with van der Waals surface area (Å²) in [6, 6.07) is 17.1. The number of hydrogen-bond donors (Lipinski definition) is 0. The average molecular weight is 372 g/mol. The topological polar surface area (TPSA) is 52.6 Å². The molecule has 3 aromatic rings. The van der Waals surface area contributed by atoms with Gasteiger partial charge in [0.2, 0.25) is 0 Å². The Bertz CT molecular complexity index is 874. The minimum atomic E-state index is -2.40. The van der Waals surface area contributed by atoms with Crippen LogP contribution in [-0.2, 0) is 11.3 Å². The second-order valence-corrected chi connectivity index (χ2v) is 7.14. The zero-order valence-electron chi connectivity index (χ0n) is 14.0. The van der Waals surface area contributed by atoms with Crippen LogP contribution in [0.5, 0.6) is 5.75 Å². The first kappa shape index (κ1) is 17.7. The van der Waals surface area contributed by atoms with E-state index in [1.807, 2.05) is 67.8 Å². The van der Waals surface area contributed by atoms with E-state index < -0.39 is 11.3 Å². The molecule has 1 heterocycles. The highest BCUT2D eigenvalue weighted by Crippen LogP contribution is 2.37. The smallest absolute Gasteiger partial charge is 0.119 e. The van der Waals surface area contributed by atoms with Gasteiger partial charge in [0.25, 0.3) is 0 Å². The molecule has 0 fully saturated rings. The summed E-state index contributed by atoms with van der Waals surface area (Å²) >= 11 is -0.883. The van der Waals surface area contributed by atoms with E-state index in [-0.39, 0.29) is 0 Å². The first-order valence-electron chi connectivity index (χ1n) is 7.87. The zero-order valence-corrected chi connectivity index (χ0v) is 15.6. The van der Waals surface area contributed by atoms with Crippen molar-refractivity contribution in [1.29, 1.82) is 0 Å². The molecule has 0 amide bonds. The van der Waals surface area contributed by atoms with Gasteiger partial charge in [-0.2, -0.15) is 0 Å². The minimum Gasteiger partial charge on any atom is -0.755 e. The molecule has 1 atom stereocenters. The van der Waals surface area contributed by atoms with Gasteiger partial charge in [0.05, 0.1) is 29.2 Å². The minimum absolute atomic E-state index is 0.628. The predicted octanol–water partition coefficient (Wildman–Crippen LogP) is 5.05. The third-order valence-corrected chi connectivity index (χ3v) is 5.43. The molecular formula is C19H18NO3S2-. The van der Waals surface area contributed by atoms with Crippen molar-refractivity contribution in [2.24, 2.45) is 0 Å². The molecule has 0 saturated carbocycles. The van der Waals surface area contributed by atoms with Crippen LogP contribution in [0.1, 0.15) is 12.5 Å². The van der Waals surface area contributed by atoms with E-state index in [9.17, 15) is 8.76 Å². The van der Waals surface area contributed by atoms with E-state index in [2.05, 4.69) is 0 Å². The first-order chi connectivity index (χ1) is 12.1. The number of hydrogen-bond acceptors (Lipinski definition) is 4. The summed E-state index contributed by atoms with van der Waals surface area (Å²) in [7, 11) is 0. The van der Waals surface area contributed by atoms with E-state index in [1.54, 1.807) is 6.07 Å². The summed E-state index contributed by atoms with van der Waals surface area (Å²) in [6.45, 7) is 4.47. The Hall–Kier alpha value is -2.15. The normalized spacial score (nSPS) is 12.0. The van der Waals surface area contributed by atoms with Crippen molar-refractivity contribution in [3.63, 3.8) is 0 Å². The number of ether oxygens (including phenoxy) is 1. The lowest BCUT2D eigenvalue weighted by Crippen LogP contribution is -2.19. The van der Waals surface area contributed by atoms with Gasteiger partial charge in [-0.15, -0.1) is 11.3 Å². The molecule has 1 aromatic heterocycles. The molecule has 4 nitrogen and oxygen atoms in total. The highest BCUT2D eigenvalue weighted by atomic mass is 32.2. The van der Waals surface area contributed by atoms with E-state index >= 15 is 0 Å². The maximum absolute atomic E-state index is 11.8. The molecule has 2 aromatic carbocycles. The Kier molecular flexibility index (Phi) is 5.53. The van der Waals surface area contributed by atoms with Gasteiger partial charge < -0.3 is 9.29 Å². The van der Waals surface area contributed by atoms with E-state index in [0.717, 1.165) is 21.8 Å². The largest absolute Gasteiger partial charge is 0.755 e. The molecule has 0 spiro atoms. The van der Waals surface area contributed by atoms with Gasteiger partial charge in [-0.1, -0.05) is 18.2 Å². The third-order valence-electron chi connectivity index (χ3n) is 3.75. The molecule has 0 radical (unpaired) electrons. The van der Waals surface area contributed by atoms with Crippen LogP contribution in [0.15, 0.2) is 60.0 Å². The number of anilines is 2. The van der Waals surface area contributed by atoms with Crippen LogP contribution in [0, 0.1) is 6.92 Å². The molecule has 25 heavy (non-hydrogen) atoms. The van der Waals surface area contributed by atoms with Gasteiger partial charge in [-0.05, 0) is 61.4 Å². The van der Waals surface area contributed by atoms with Crippen LogP contribution in [-0.4, -0.2) is 15.4 Å². The van der Waals surface area contributed by atoms with E-state index in [4.69, 9.17) is 4.74 Å². The molecule has 0 aliphatic heterocycles. The summed E-state index contributed by atoms with van der Waals surface area (Å²) in [5.41, 5.74) is 3.23. The second-order valence-electron chi connectivity index (χ2n) is 5.42. The summed E-state index contributed by atoms with van der Waals surface area (Å²) < 4.78 is 30.4. The highest BCUT2D eigenvalue weighted by molar-refractivity contribution is 7.81. The maximum Gasteiger partial charge on any atom is 0.119 e. The molecule has 130 valence electrons. The number of para-hydroxylation sites is 1. The predicted molar refractivity (Wildman–Crippen MR) is 103 cm³/mol. The van der Waals surface area contributed by atoms with Crippen molar-refractivity contribution in [3.8, 4) is 16.2 Å². The Morgan fingerprint density at radius 1 is 1.16 bits per heavy atom. The molecule has 0 aliphatic rings. The van der Waals surface area contributed by atoms with Crippen LogP contribution in [0.25, 0.3) is 10.4 Å². The number of thiophene rings is 1. The lowest BCUT2D eigenvalue weighted by Gasteiger charge is -2.26. The number of benzene rings is 2. The number of nitrogens with zero attached hydrogens (tertiary/aromatic N) is 1. The maximum atomic E-state index is 11.8. The van der Waals surface area contributed by atoms with E-state index in [0.29, 0.717) is 18.0 Å². The summed E-state index contributed by atoms with van der Waals surface area (Å²) in [5, 5.41) is 1.86. The first-order valence-corrected chi connectivity index (χ1v) is 9.78. The standard InChI is InChI=1S/C19H19NO3S2/c1-3-23-17-10-8-15(9-11-17)19-12-16(13-24-19)20(25(21)22)18-7-5-4-6-14(18)2/h4-13H,3H2,1-2H3,(H,21,22)/p-1. The van der Waals surface area contributed by atoms with Gasteiger partial charge in [-0.25, -0.2) is 0 Å². The summed E-state index contributed by atoms with van der Waals surface area (Å²) in [5.74, 6) is 0.824. The molecule has 0 aliphatic carbocycles. The van der Waals surface area contributed by atoms with Crippen LogP contribution in [0.2, 0.25) is 0 Å². The van der Waals surface area contributed by atoms with Crippen molar-refractivity contribution in [3.05, 3.63) is 65.5 Å². The van der Waals surface area contributed by atoms with Crippen LogP contribution < -0.4 is 9.04 Å². The number of rotatable bonds is 6. The monoisotopic (exact) mass is 372 g/mol. The van der Waals surface area contributed by atoms with Crippen molar-refractivity contribution >= 4 is 34.0 Å². The SMILES string of the molecule is CCOc1ccc(-c2cc(N(c3ccccc3C)S(=O)[O-])cs2)cc1. The fourth-order valence-corrected chi connectivity index (χ4v) is 4.15. The van der Waals surface area contributed by atoms with Crippen molar-refractivity contribution < 1.29 is 13.5 Å². The molecule has 0 bridgehead atoms. The molecule has 1 unspecified atom stereocenters. The van der Waals surface area contributed by atoms with Gasteiger partial charge in [-0.3, -0.25) is 8.51 Å². The van der Waals surface area contributed by atoms with E-state index in [1.165, 1.54) is 15.6 Å². The lowest BCUT2D eigenvalue weighted by molar-refractivity contribution is 0.340. The van der Waals surface area contributed by atoms with Gasteiger partial charge in [0, 0.05) is 10.3 Å². The van der Waals surface area contributed by atoms with Crippen molar-refractivity contribution in [2.45, 2.75) is 13.8 Å². The molecule has 0 saturated heterocycles. The fourth-order valence-electron chi connectivity index (χ4n) is 2.56. The Morgan fingerprint density at radius 2 is 1.88 bits per heavy atom. The van der Waals surface area contributed by atoms with Crippen LogP contribution >= 0.6 is 11.3 Å². The molecule has 0 N–H and O–H groups in total. The van der Waals surface area contributed by atoms with Gasteiger partial charge >= 0.3 is 0 Å². The summed E-state index contributed by atoms with van der Waals surface area (Å²) in [6.07, 6.45) is 0. The van der Waals surface area contributed by atoms with Crippen LogP contribution in [0.4, 0.5) is 11.4 Å². The Labute approximate surface area is 154 Å². The molecular weight excluding hydrogens is 354 g/mol. The average Bonchev–Trinajstić information content (AvgIpc) is 3.07. The van der Waals surface area contributed by atoms with Gasteiger partial charge in [0.1, 0.15) is 5.75 Å². The molecule has 3 rings (SSSR count). The van der Waals surface area contributed by atoms with Crippen molar-refractivity contribution in [1.82, 2.24) is 0 Å². The highest BCUT2D eigenvalue weighted by Gasteiger charge is 2.15. The third kappa shape index (κ3) is 3.92. The van der Waals surface area contributed by atoms with Crippen molar-refractivity contribution in [2.75, 3.05) is 10.9 Å². The second kappa shape index (κ2) is 7.82. The van der Waals surface area contributed by atoms with Crippen LogP contribution in [0.3, 0.4) is 0 Å². The molecule has 6 heteroatoms. The Balaban J connectivity index is 1.93. The number of aryl methyl sites for hydroxylation is 1.